The average Bonchev–Trinajstić information content (AvgIpc) is 2.69. The largest absolute Gasteiger partial charge is 0.480 e. The number of carbonyl (C=O) groups excluding carboxylic acids is 3. The molecule has 0 spiro atoms. The molecule has 0 aromatic rings. The van der Waals surface area contributed by atoms with Crippen LogP contribution in [0.4, 0.5) is 4.79 Å². The van der Waals surface area contributed by atoms with Gasteiger partial charge in [0.25, 0.3) is 0 Å². The molecule has 9 nitrogen and oxygen atoms in total. The lowest BCUT2D eigenvalue weighted by Gasteiger charge is -2.25. The number of nitrogens with zero attached hydrogens (tertiary/aromatic N) is 1. The molecule has 9 heteroatoms. The maximum atomic E-state index is 11.8. The summed E-state index contributed by atoms with van der Waals surface area (Å²) >= 11 is 0. The first kappa shape index (κ1) is 17.7. The number of rotatable bonds is 5. The number of carboxylic acid groups (broad SMARTS) is 1. The number of ether oxygens (including phenoxy) is 1. The Balaban J connectivity index is 2.67. The fraction of sp³-hybridized carbons (Fsp3) is 0.692. The van der Waals surface area contributed by atoms with Crippen LogP contribution in [0.15, 0.2) is 0 Å². The van der Waals surface area contributed by atoms with Crippen LogP contribution in [0, 0.1) is 5.92 Å². The van der Waals surface area contributed by atoms with Crippen LogP contribution >= 0.6 is 0 Å². The van der Waals surface area contributed by atoms with E-state index >= 15 is 0 Å². The van der Waals surface area contributed by atoms with E-state index < -0.39 is 41.4 Å². The summed E-state index contributed by atoms with van der Waals surface area (Å²) in [5, 5.41) is 11.5. The van der Waals surface area contributed by atoms with E-state index in [4.69, 9.17) is 10.5 Å². The van der Waals surface area contributed by atoms with Gasteiger partial charge in [0.2, 0.25) is 11.8 Å². The van der Waals surface area contributed by atoms with Gasteiger partial charge in [-0.1, -0.05) is 0 Å². The summed E-state index contributed by atoms with van der Waals surface area (Å²) in [6.45, 7) is 4.62. The second-order valence-corrected chi connectivity index (χ2v) is 6.09. The van der Waals surface area contributed by atoms with Crippen molar-refractivity contribution in [2.45, 2.75) is 38.8 Å². The molecule has 22 heavy (non-hydrogen) atoms. The van der Waals surface area contributed by atoms with E-state index in [1.54, 1.807) is 20.8 Å². The lowest BCUT2D eigenvalue weighted by atomic mass is 10.1. The highest BCUT2D eigenvalue weighted by molar-refractivity contribution is 5.91. The SMILES string of the molecule is CC(C)(C)OC(=O)NC[C@H](C(=O)O)N1CC(C(N)=O)CC1=O. The first-order chi connectivity index (χ1) is 10.0. The van der Waals surface area contributed by atoms with Gasteiger partial charge in [0.05, 0.1) is 12.5 Å². The molecule has 0 bridgehead atoms. The zero-order chi connectivity index (χ0) is 17.1. The predicted octanol–water partition coefficient (Wildman–Crippen LogP) is -0.702. The number of hydrogen-bond acceptors (Lipinski definition) is 5. The number of primary amides is 1. The van der Waals surface area contributed by atoms with Gasteiger partial charge in [-0.3, -0.25) is 9.59 Å². The van der Waals surface area contributed by atoms with Crippen LogP contribution in [-0.2, 0) is 19.1 Å². The molecule has 1 aliphatic rings. The Labute approximate surface area is 127 Å². The number of carboxylic acids is 1. The van der Waals surface area contributed by atoms with Gasteiger partial charge >= 0.3 is 12.1 Å². The molecule has 1 heterocycles. The van der Waals surface area contributed by atoms with Crippen molar-refractivity contribution in [3.8, 4) is 0 Å². The van der Waals surface area contributed by atoms with E-state index in [1.807, 2.05) is 0 Å². The van der Waals surface area contributed by atoms with E-state index in [1.165, 1.54) is 0 Å². The van der Waals surface area contributed by atoms with Gasteiger partial charge in [0, 0.05) is 13.0 Å². The van der Waals surface area contributed by atoms with Crippen molar-refractivity contribution in [1.82, 2.24) is 10.2 Å². The van der Waals surface area contributed by atoms with Crippen molar-refractivity contribution >= 4 is 23.9 Å². The topological polar surface area (TPSA) is 139 Å². The van der Waals surface area contributed by atoms with Crippen LogP contribution < -0.4 is 11.1 Å². The van der Waals surface area contributed by atoms with Crippen LogP contribution in [0.2, 0.25) is 0 Å². The maximum Gasteiger partial charge on any atom is 0.407 e. The van der Waals surface area contributed by atoms with Crippen LogP contribution in [0.3, 0.4) is 0 Å². The molecule has 1 fully saturated rings. The number of hydrogen-bond donors (Lipinski definition) is 3. The third kappa shape index (κ3) is 4.90. The predicted molar refractivity (Wildman–Crippen MR) is 74.7 cm³/mol. The van der Waals surface area contributed by atoms with Crippen molar-refractivity contribution in [3.63, 3.8) is 0 Å². The lowest BCUT2D eigenvalue weighted by molar-refractivity contribution is -0.148. The number of likely N-dealkylation sites (tertiary alicyclic amines) is 1. The number of nitrogens with two attached hydrogens (primary N) is 1. The molecule has 1 saturated heterocycles. The monoisotopic (exact) mass is 315 g/mol. The number of carbonyl (C=O) groups is 4. The molecule has 3 amide bonds. The standard InChI is InChI=1S/C13H21N3O6/c1-13(2,3)22-12(21)15-5-8(11(19)20)16-6-7(10(14)18)4-9(16)17/h7-8H,4-6H2,1-3H3,(H2,14,18)(H,15,21)(H,19,20)/t7?,8-/m1/s1. The Morgan fingerprint density at radius 2 is 2.05 bits per heavy atom. The molecular weight excluding hydrogens is 294 g/mol. The van der Waals surface area contributed by atoms with Crippen molar-refractivity contribution in [2.75, 3.05) is 13.1 Å². The molecule has 1 aliphatic heterocycles. The van der Waals surface area contributed by atoms with Gasteiger partial charge in [-0.2, -0.15) is 0 Å². The summed E-state index contributed by atoms with van der Waals surface area (Å²) in [6, 6.07) is -1.27. The van der Waals surface area contributed by atoms with Crippen molar-refractivity contribution in [2.24, 2.45) is 11.7 Å². The minimum atomic E-state index is -1.28. The third-order valence-corrected chi connectivity index (χ3v) is 3.06. The Morgan fingerprint density at radius 1 is 1.45 bits per heavy atom. The second kappa shape index (κ2) is 6.63. The first-order valence-electron chi connectivity index (χ1n) is 6.79. The summed E-state index contributed by atoms with van der Waals surface area (Å²) in [7, 11) is 0. The maximum absolute atomic E-state index is 11.8. The molecule has 0 aromatic heterocycles. The first-order valence-corrected chi connectivity index (χ1v) is 6.79. The number of aliphatic carboxylic acids is 1. The van der Waals surface area contributed by atoms with Crippen molar-refractivity contribution < 1.29 is 29.0 Å². The molecule has 0 radical (unpaired) electrons. The molecule has 4 N–H and O–H groups in total. The molecule has 0 aromatic carbocycles. The Morgan fingerprint density at radius 3 is 2.45 bits per heavy atom. The van der Waals surface area contributed by atoms with E-state index in [2.05, 4.69) is 5.32 Å². The Bertz CT molecular complexity index is 485. The normalized spacial score (nSPS) is 19.7. The number of alkyl carbamates (subject to hydrolysis) is 1. The molecule has 124 valence electrons. The molecule has 2 atom stereocenters. The van der Waals surface area contributed by atoms with Crippen molar-refractivity contribution in [3.05, 3.63) is 0 Å². The van der Waals surface area contributed by atoms with Gasteiger partial charge in [-0.25, -0.2) is 9.59 Å². The van der Waals surface area contributed by atoms with Gasteiger partial charge < -0.3 is 25.8 Å². The van der Waals surface area contributed by atoms with E-state index in [9.17, 15) is 24.3 Å². The summed E-state index contributed by atoms with van der Waals surface area (Å²) in [4.78, 5) is 46.8. The highest BCUT2D eigenvalue weighted by Crippen LogP contribution is 2.20. The molecular formula is C13H21N3O6. The van der Waals surface area contributed by atoms with Crippen LogP contribution in [0.5, 0.6) is 0 Å². The molecule has 1 unspecified atom stereocenters. The Kier molecular flexibility index (Phi) is 5.34. The summed E-state index contributed by atoms with van der Waals surface area (Å²) in [5.74, 6) is -3.13. The van der Waals surface area contributed by atoms with Crippen LogP contribution in [0.1, 0.15) is 27.2 Å². The summed E-state index contributed by atoms with van der Waals surface area (Å²) in [5.41, 5.74) is 4.42. The minimum Gasteiger partial charge on any atom is -0.480 e. The van der Waals surface area contributed by atoms with Crippen molar-refractivity contribution in [1.29, 1.82) is 0 Å². The zero-order valence-corrected chi connectivity index (χ0v) is 12.8. The van der Waals surface area contributed by atoms with Crippen LogP contribution in [-0.4, -0.2) is 58.6 Å². The highest BCUT2D eigenvalue weighted by atomic mass is 16.6. The van der Waals surface area contributed by atoms with E-state index in [0.29, 0.717) is 0 Å². The van der Waals surface area contributed by atoms with Gasteiger partial charge in [-0.15, -0.1) is 0 Å². The second-order valence-electron chi connectivity index (χ2n) is 6.09. The summed E-state index contributed by atoms with van der Waals surface area (Å²) in [6.07, 6.45) is -0.900. The Hall–Kier alpha value is -2.32. The molecule has 0 aliphatic carbocycles. The lowest BCUT2D eigenvalue weighted by Crippen LogP contribution is -2.50. The minimum absolute atomic E-state index is 0.0683. The molecule has 1 rings (SSSR count). The number of nitrogens with one attached hydrogen (secondary N) is 1. The number of amides is 3. The fourth-order valence-electron chi connectivity index (χ4n) is 2.05. The summed E-state index contributed by atoms with van der Waals surface area (Å²) < 4.78 is 5.00. The molecule has 0 saturated carbocycles. The smallest absolute Gasteiger partial charge is 0.407 e. The van der Waals surface area contributed by atoms with Crippen LogP contribution in [0.25, 0.3) is 0 Å². The average molecular weight is 315 g/mol. The van der Waals surface area contributed by atoms with Gasteiger partial charge in [0.15, 0.2) is 0 Å². The van der Waals surface area contributed by atoms with Gasteiger partial charge in [0.1, 0.15) is 11.6 Å². The quantitative estimate of drug-likeness (QED) is 0.613. The van der Waals surface area contributed by atoms with E-state index in [-0.39, 0.29) is 19.5 Å². The highest BCUT2D eigenvalue weighted by Gasteiger charge is 2.40. The van der Waals surface area contributed by atoms with Gasteiger partial charge in [-0.05, 0) is 20.8 Å². The third-order valence-electron chi connectivity index (χ3n) is 3.06. The van der Waals surface area contributed by atoms with E-state index in [0.717, 1.165) is 4.90 Å². The zero-order valence-electron chi connectivity index (χ0n) is 12.8. The fourth-order valence-corrected chi connectivity index (χ4v) is 2.05.